The van der Waals surface area contributed by atoms with Crippen LogP contribution < -0.4 is 15.0 Å². The number of aromatic hydroxyl groups is 1. The highest BCUT2D eigenvalue weighted by Crippen LogP contribution is 2.31. The fraction of sp³-hybridized carbons (Fsp3) is 0.222. The molecule has 1 aromatic carbocycles. The molecule has 2 aromatic heterocycles. The molecule has 3 rings (SSSR count). The molecule has 0 saturated heterocycles. The third-order valence-corrected chi connectivity index (χ3v) is 3.98. The van der Waals surface area contributed by atoms with E-state index in [4.69, 9.17) is 9.47 Å². The molecule has 0 atom stereocenters. The summed E-state index contributed by atoms with van der Waals surface area (Å²) in [4.78, 5) is 19.7. The van der Waals surface area contributed by atoms with E-state index in [1.165, 1.54) is 14.2 Å². The summed E-state index contributed by atoms with van der Waals surface area (Å²) in [5.74, 6) is 1.03. The topological polar surface area (TPSA) is 84.4 Å². The second-order valence-corrected chi connectivity index (χ2v) is 5.60. The van der Waals surface area contributed by atoms with Crippen LogP contribution >= 0.6 is 0 Å². The molecule has 6 nitrogen and oxygen atoms in total. The lowest BCUT2D eigenvalue weighted by Crippen LogP contribution is -2.10. The van der Waals surface area contributed by atoms with E-state index >= 15 is 0 Å². The number of benzene rings is 1. The lowest BCUT2D eigenvalue weighted by Gasteiger charge is -2.11. The van der Waals surface area contributed by atoms with Gasteiger partial charge in [-0.3, -0.25) is 4.79 Å². The van der Waals surface area contributed by atoms with Crippen molar-refractivity contribution < 1.29 is 14.6 Å². The molecule has 2 heterocycles. The van der Waals surface area contributed by atoms with Gasteiger partial charge in [-0.2, -0.15) is 0 Å². The molecule has 0 bridgehead atoms. The molecule has 0 spiro atoms. The normalized spacial score (nSPS) is 10.8. The molecule has 0 fully saturated rings. The first-order valence-electron chi connectivity index (χ1n) is 7.41. The quantitative estimate of drug-likeness (QED) is 0.773. The Labute approximate surface area is 138 Å². The molecule has 0 aliphatic rings. The van der Waals surface area contributed by atoms with Crippen LogP contribution in [0.3, 0.4) is 0 Å². The number of phenols is 1. The number of methoxy groups -OCH3 is 2. The zero-order valence-electron chi connectivity index (χ0n) is 13.9. The van der Waals surface area contributed by atoms with Crippen molar-refractivity contribution in [2.75, 3.05) is 14.2 Å². The van der Waals surface area contributed by atoms with Gasteiger partial charge in [0.15, 0.2) is 0 Å². The van der Waals surface area contributed by atoms with Gasteiger partial charge in [-0.25, -0.2) is 4.98 Å². The molecule has 0 unspecified atom stereocenters. The summed E-state index contributed by atoms with van der Waals surface area (Å²) in [6.07, 6.45) is 0. The van der Waals surface area contributed by atoms with Gasteiger partial charge in [-0.1, -0.05) is 0 Å². The number of nitrogens with one attached hydrogen (secondary N) is 1. The van der Waals surface area contributed by atoms with Crippen LogP contribution in [0.15, 0.2) is 29.1 Å². The van der Waals surface area contributed by atoms with Crippen molar-refractivity contribution in [3.8, 4) is 28.6 Å². The lowest BCUT2D eigenvalue weighted by atomic mass is 10.0. The van der Waals surface area contributed by atoms with Gasteiger partial charge in [-0.05, 0) is 48.7 Å². The number of hydrogen-bond donors (Lipinski definition) is 2. The van der Waals surface area contributed by atoms with E-state index in [2.05, 4.69) is 9.97 Å². The summed E-state index contributed by atoms with van der Waals surface area (Å²) in [7, 11) is 3.00. The van der Waals surface area contributed by atoms with E-state index in [1.54, 1.807) is 12.1 Å². The van der Waals surface area contributed by atoms with Crippen molar-refractivity contribution in [1.29, 1.82) is 0 Å². The molecule has 0 aliphatic heterocycles. The number of rotatable bonds is 3. The van der Waals surface area contributed by atoms with Gasteiger partial charge >= 0.3 is 0 Å². The summed E-state index contributed by atoms with van der Waals surface area (Å²) in [5, 5.41) is 10.3. The Kier molecular flexibility index (Phi) is 3.89. The number of phenolic OH excluding ortho intramolecular Hbond substituents is 1. The van der Waals surface area contributed by atoms with E-state index in [0.717, 1.165) is 16.7 Å². The third kappa shape index (κ3) is 2.56. The van der Waals surface area contributed by atoms with Gasteiger partial charge in [0.1, 0.15) is 16.9 Å². The predicted molar refractivity (Wildman–Crippen MR) is 92.0 cm³/mol. The van der Waals surface area contributed by atoms with Crippen molar-refractivity contribution in [3.05, 3.63) is 45.7 Å². The van der Waals surface area contributed by atoms with Crippen molar-refractivity contribution in [2.24, 2.45) is 0 Å². The van der Waals surface area contributed by atoms with Crippen LogP contribution in [0.1, 0.15) is 11.1 Å². The molecule has 0 radical (unpaired) electrons. The minimum atomic E-state index is -0.294. The Morgan fingerprint density at radius 3 is 2.29 bits per heavy atom. The number of nitrogens with zero attached hydrogens (tertiary/aromatic N) is 1. The number of pyridine rings is 2. The van der Waals surface area contributed by atoms with Gasteiger partial charge in [0, 0.05) is 6.07 Å². The third-order valence-electron chi connectivity index (χ3n) is 3.98. The van der Waals surface area contributed by atoms with Gasteiger partial charge in [-0.15, -0.1) is 0 Å². The van der Waals surface area contributed by atoms with E-state index in [0.29, 0.717) is 28.2 Å². The molecule has 124 valence electrons. The van der Waals surface area contributed by atoms with Gasteiger partial charge in [0.25, 0.3) is 5.56 Å². The van der Waals surface area contributed by atoms with Crippen LogP contribution in [-0.2, 0) is 0 Å². The molecule has 0 amide bonds. The first-order chi connectivity index (χ1) is 11.4. The number of aromatic nitrogens is 2. The van der Waals surface area contributed by atoms with Crippen molar-refractivity contribution >= 4 is 10.9 Å². The lowest BCUT2D eigenvalue weighted by molar-refractivity contribution is 0.386. The number of aryl methyl sites for hydroxylation is 2. The average molecular weight is 326 g/mol. The Bertz CT molecular complexity index is 969. The van der Waals surface area contributed by atoms with Gasteiger partial charge < -0.3 is 19.6 Å². The molecule has 2 N–H and O–H groups in total. The molecular weight excluding hydrogens is 308 g/mol. The minimum Gasteiger partial charge on any atom is -0.507 e. The first kappa shape index (κ1) is 15.9. The predicted octanol–water partition coefficient (Wildman–Crippen LogP) is 2.93. The van der Waals surface area contributed by atoms with Gasteiger partial charge in [0.05, 0.1) is 25.4 Å². The summed E-state index contributed by atoms with van der Waals surface area (Å²) in [6, 6.07) is 6.98. The second-order valence-electron chi connectivity index (χ2n) is 5.60. The highest BCUT2D eigenvalue weighted by molar-refractivity contribution is 5.87. The standard InChI is InChI=1S/C18H18N2O4/c1-9-5-11(6-10(2)17(9)21)12-7-13-16(18(22)20-12)14(23-3)8-15(19-13)24-4/h5-8,21H,1-4H3,(H,20,22). The van der Waals surface area contributed by atoms with Crippen LogP contribution in [-0.4, -0.2) is 29.3 Å². The smallest absolute Gasteiger partial charge is 0.261 e. The fourth-order valence-electron chi connectivity index (χ4n) is 2.74. The van der Waals surface area contributed by atoms with Crippen LogP contribution in [0.2, 0.25) is 0 Å². The van der Waals surface area contributed by atoms with Crippen LogP contribution in [0.4, 0.5) is 0 Å². The molecule has 3 aromatic rings. The molecule has 24 heavy (non-hydrogen) atoms. The van der Waals surface area contributed by atoms with E-state index < -0.39 is 0 Å². The van der Waals surface area contributed by atoms with Gasteiger partial charge in [0.2, 0.25) is 5.88 Å². The van der Waals surface area contributed by atoms with Crippen LogP contribution in [0.5, 0.6) is 17.4 Å². The molecular formula is C18H18N2O4. The first-order valence-corrected chi connectivity index (χ1v) is 7.41. The van der Waals surface area contributed by atoms with E-state index in [-0.39, 0.29) is 11.3 Å². The summed E-state index contributed by atoms with van der Waals surface area (Å²) >= 11 is 0. The zero-order valence-corrected chi connectivity index (χ0v) is 13.9. The van der Waals surface area contributed by atoms with Crippen LogP contribution in [0, 0.1) is 13.8 Å². The SMILES string of the molecule is COc1cc(OC)c2c(=O)[nH]c(-c3cc(C)c(O)c(C)c3)cc2n1. The fourth-order valence-corrected chi connectivity index (χ4v) is 2.74. The maximum atomic E-state index is 12.5. The Balaban J connectivity index is 2.30. The second kappa shape index (κ2) is 5.88. The van der Waals surface area contributed by atoms with E-state index in [9.17, 15) is 9.90 Å². The maximum Gasteiger partial charge on any atom is 0.261 e. The summed E-state index contributed by atoms with van der Waals surface area (Å²) < 4.78 is 10.4. The average Bonchev–Trinajstić information content (AvgIpc) is 2.57. The van der Waals surface area contributed by atoms with Crippen molar-refractivity contribution in [3.63, 3.8) is 0 Å². The highest BCUT2D eigenvalue weighted by atomic mass is 16.5. The van der Waals surface area contributed by atoms with Crippen molar-refractivity contribution in [1.82, 2.24) is 9.97 Å². The largest absolute Gasteiger partial charge is 0.507 e. The van der Waals surface area contributed by atoms with E-state index in [1.807, 2.05) is 26.0 Å². The van der Waals surface area contributed by atoms with Crippen molar-refractivity contribution in [2.45, 2.75) is 13.8 Å². The molecule has 0 aliphatic carbocycles. The monoisotopic (exact) mass is 326 g/mol. The number of ether oxygens (including phenoxy) is 2. The number of hydrogen-bond acceptors (Lipinski definition) is 5. The summed E-state index contributed by atoms with van der Waals surface area (Å²) in [6.45, 7) is 3.63. The zero-order chi connectivity index (χ0) is 17.4. The summed E-state index contributed by atoms with van der Waals surface area (Å²) in [5.41, 5.74) is 3.07. The number of aromatic amines is 1. The van der Waals surface area contributed by atoms with Crippen LogP contribution in [0.25, 0.3) is 22.2 Å². The maximum absolute atomic E-state index is 12.5. The number of fused-ring (bicyclic) bond motifs is 1. The Hall–Kier alpha value is -3.02. The highest BCUT2D eigenvalue weighted by Gasteiger charge is 2.14. The minimum absolute atomic E-state index is 0.253. The Morgan fingerprint density at radius 1 is 1.04 bits per heavy atom. The molecule has 6 heteroatoms. The Morgan fingerprint density at radius 2 is 1.71 bits per heavy atom. The molecule has 0 saturated carbocycles. The number of H-pyrrole nitrogens is 1.